The average Bonchev–Trinajstić information content (AvgIpc) is 3.04. The number of ether oxygens (including phenoxy) is 7. The van der Waals surface area contributed by atoms with Gasteiger partial charge in [-0.1, -0.05) is 0 Å². The van der Waals surface area contributed by atoms with Crippen LogP contribution in [-0.4, -0.2) is 130 Å². The molecule has 0 atom stereocenters. The van der Waals surface area contributed by atoms with Gasteiger partial charge in [-0.2, -0.15) is 0 Å². The fourth-order valence-electron chi connectivity index (χ4n) is 3.37. The lowest BCUT2D eigenvalue weighted by atomic mass is 10.1. The molecule has 45 heavy (non-hydrogen) atoms. The van der Waals surface area contributed by atoms with E-state index in [1.807, 2.05) is 0 Å². The molecule has 1 aromatic carbocycles. The van der Waals surface area contributed by atoms with Crippen LogP contribution in [0.15, 0.2) is 18.2 Å². The van der Waals surface area contributed by atoms with Crippen molar-refractivity contribution < 1.29 is 57.1 Å². The van der Waals surface area contributed by atoms with Crippen LogP contribution in [0.25, 0.3) is 0 Å². The quantitative estimate of drug-likeness (QED) is 0.0720. The van der Waals surface area contributed by atoms with Crippen molar-refractivity contribution >= 4 is 29.7 Å². The summed E-state index contributed by atoms with van der Waals surface area (Å²) in [5, 5.41) is 7.86. The zero-order valence-electron chi connectivity index (χ0n) is 26.0. The number of benzene rings is 1. The van der Waals surface area contributed by atoms with Crippen molar-refractivity contribution in [2.75, 3.05) is 99.9 Å². The predicted octanol–water partition coefficient (Wildman–Crippen LogP) is -0.817. The third kappa shape index (κ3) is 19.9. The second-order valence-corrected chi connectivity index (χ2v) is 9.10. The molecular weight excluding hydrogens is 596 g/mol. The molecule has 1 rings (SSSR count). The molecule has 1 aromatic rings. The third-order valence-corrected chi connectivity index (χ3v) is 5.66. The minimum absolute atomic E-state index is 0.0275. The Morgan fingerprint density at radius 3 is 1.51 bits per heavy atom. The van der Waals surface area contributed by atoms with Crippen LogP contribution in [0.4, 0.5) is 0 Å². The molecule has 0 bridgehead atoms. The first-order valence-electron chi connectivity index (χ1n) is 14.6. The summed E-state index contributed by atoms with van der Waals surface area (Å²) in [5.41, 5.74) is 5.55. The molecule has 0 radical (unpaired) electrons. The molecule has 3 amide bonds. The van der Waals surface area contributed by atoms with Crippen LogP contribution in [0, 0.1) is 0 Å². The molecule has 254 valence electrons. The Kier molecular flexibility index (Phi) is 22.2. The number of carbonyl (C=O) groups excluding carboxylic acids is 5. The summed E-state index contributed by atoms with van der Waals surface area (Å²) in [7, 11) is 2.49. The van der Waals surface area contributed by atoms with Crippen molar-refractivity contribution in [1.82, 2.24) is 16.0 Å². The van der Waals surface area contributed by atoms with Gasteiger partial charge in [0.2, 0.25) is 5.91 Å². The third-order valence-electron chi connectivity index (χ3n) is 5.66. The van der Waals surface area contributed by atoms with E-state index in [9.17, 15) is 24.0 Å². The highest BCUT2D eigenvalue weighted by atomic mass is 16.6. The van der Waals surface area contributed by atoms with Crippen LogP contribution in [-0.2, 0) is 42.8 Å². The van der Waals surface area contributed by atoms with Gasteiger partial charge in [-0.25, -0.2) is 0 Å². The number of carbonyl (C=O) groups is 5. The summed E-state index contributed by atoms with van der Waals surface area (Å²) >= 11 is 0. The summed E-state index contributed by atoms with van der Waals surface area (Å²) in [5.74, 6) is -2.09. The van der Waals surface area contributed by atoms with E-state index in [1.54, 1.807) is 0 Å². The van der Waals surface area contributed by atoms with E-state index in [4.69, 9.17) is 29.4 Å². The lowest BCUT2D eigenvalue weighted by Crippen LogP contribution is -2.29. The second-order valence-electron chi connectivity index (χ2n) is 9.10. The van der Waals surface area contributed by atoms with Gasteiger partial charge in [-0.3, -0.25) is 24.0 Å². The standard InChI is InChI=1S/C29H46N4O12/c1-39-26(35)3-7-32-28(37)22-19-23(29(38)33-8-4-27(36)40-2)21-24(20-22)45-12-9-31-25(34)5-10-41-13-15-43-17-18-44-16-14-42-11-6-30/h19-21H,3-18,30H2,1-2H3,(H,31,34)(H,32,37)(H,33,38). The van der Waals surface area contributed by atoms with Crippen molar-refractivity contribution in [3.63, 3.8) is 0 Å². The Bertz CT molecular complexity index is 988. The summed E-state index contributed by atoms with van der Waals surface area (Å²) in [6.07, 6.45) is 0.0869. The molecule has 0 saturated heterocycles. The Morgan fingerprint density at radius 2 is 1.04 bits per heavy atom. The topological polar surface area (TPSA) is 212 Å². The average molecular weight is 643 g/mol. The molecule has 0 aliphatic carbocycles. The van der Waals surface area contributed by atoms with Crippen LogP contribution in [0.1, 0.15) is 40.0 Å². The summed E-state index contributed by atoms with van der Waals surface area (Å²) in [6.45, 7) is 4.00. The smallest absolute Gasteiger partial charge is 0.307 e. The van der Waals surface area contributed by atoms with Crippen molar-refractivity contribution in [3.05, 3.63) is 29.3 Å². The molecule has 0 saturated carbocycles. The van der Waals surface area contributed by atoms with Gasteiger partial charge in [0.15, 0.2) is 0 Å². The molecule has 0 fully saturated rings. The second kappa shape index (κ2) is 25.5. The Hall–Kier alpha value is -3.83. The van der Waals surface area contributed by atoms with Gasteiger partial charge in [-0.05, 0) is 18.2 Å². The van der Waals surface area contributed by atoms with Gasteiger partial charge in [0.1, 0.15) is 12.4 Å². The van der Waals surface area contributed by atoms with Crippen LogP contribution in [0.2, 0.25) is 0 Å². The van der Waals surface area contributed by atoms with E-state index in [0.29, 0.717) is 52.8 Å². The highest BCUT2D eigenvalue weighted by Gasteiger charge is 2.15. The SMILES string of the molecule is COC(=O)CCNC(=O)c1cc(OCCNC(=O)CCOCCOCCOCCOCCN)cc(C(=O)NCCC(=O)OC)c1. The van der Waals surface area contributed by atoms with Gasteiger partial charge in [0.05, 0.1) is 86.5 Å². The molecule has 0 aliphatic heterocycles. The molecular formula is C29H46N4O12. The minimum atomic E-state index is -0.538. The van der Waals surface area contributed by atoms with Gasteiger partial charge in [0, 0.05) is 37.2 Å². The van der Waals surface area contributed by atoms with E-state index in [2.05, 4.69) is 25.4 Å². The number of methoxy groups -OCH3 is 2. The maximum Gasteiger partial charge on any atom is 0.307 e. The highest BCUT2D eigenvalue weighted by molar-refractivity contribution is 6.00. The minimum Gasteiger partial charge on any atom is -0.492 e. The number of rotatable bonds is 26. The highest BCUT2D eigenvalue weighted by Crippen LogP contribution is 2.18. The fraction of sp³-hybridized carbons (Fsp3) is 0.621. The van der Waals surface area contributed by atoms with Gasteiger partial charge >= 0.3 is 11.9 Å². The molecule has 16 heteroatoms. The summed E-state index contributed by atoms with van der Waals surface area (Å²) in [6, 6.07) is 4.22. The van der Waals surface area contributed by atoms with E-state index in [1.165, 1.54) is 32.4 Å². The molecule has 16 nitrogen and oxygen atoms in total. The van der Waals surface area contributed by atoms with Gasteiger partial charge in [0.25, 0.3) is 11.8 Å². The number of esters is 2. The number of nitrogens with two attached hydrogens (primary N) is 1. The fourth-order valence-corrected chi connectivity index (χ4v) is 3.37. The van der Waals surface area contributed by atoms with Crippen molar-refractivity contribution in [1.29, 1.82) is 0 Å². The van der Waals surface area contributed by atoms with E-state index >= 15 is 0 Å². The zero-order chi connectivity index (χ0) is 33.1. The number of hydrogen-bond acceptors (Lipinski definition) is 13. The van der Waals surface area contributed by atoms with E-state index in [-0.39, 0.29) is 74.9 Å². The molecule has 0 heterocycles. The number of amides is 3. The van der Waals surface area contributed by atoms with Crippen molar-refractivity contribution in [2.45, 2.75) is 19.3 Å². The van der Waals surface area contributed by atoms with Gasteiger partial charge in [-0.15, -0.1) is 0 Å². The molecule has 0 aromatic heterocycles. The maximum absolute atomic E-state index is 12.7. The summed E-state index contributed by atoms with van der Waals surface area (Å²) < 4.78 is 36.1. The normalized spacial score (nSPS) is 10.6. The lowest BCUT2D eigenvalue weighted by molar-refractivity contribution is -0.141. The first-order chi connectivity index (χ1) is 21.8. The molecule has 5 N–H and O–H groups in total. The van der Waals surface area contributed by atoms with E-state index in [0.717, 1.165) is 0 Å². The first-order valence-corrected chi connectivity index (χ1v) is 14.6. The first kappa shape index (κ1) is 39.2. The van der Waals surface area contributed by atoms with E-state index < -0.39 is 23.8 Å². The van der Waals surface area contributed by atoms with Crippen LogP contribution in [0.5, 0.6) is 5.75 Å². The maximum atomic E-state index is 12.7. The molecule has 0 aliphatic rings. The van der Waals surface area contributed by atoms with Crippen molar-refractivity contribution in [2.24, 2.45) is 5.73 Å². The number of hydrogen-bond donors (Lipinski definition) is 4. The predicted molar refractivity (Wildman–Crippen MR) is 160 cm³/mol. The van der Waals surface area contributed by atoms with Crippen LogP contribution < -0.4 is 26.4 Å². The Balaban J connectivity index is 2.42. The van der Waals surface area contributed by atoms with Crippen LogP contribution in [0.3, 0.4) is 0 Å². The van der Waals surface area contributed by atoms with Crippen LogP contribution >= 0.6 is 0 Å². The Morgan fingerprint density at radius 1 is 0.578 bits per heavy atom. The Labute approximate surface area is 262 Å². The summed E-state index contributed by atoms with van der Waals surface area (Å²) in [4.78, 5) is 60.1. The van der Waals surface area contributed by atoms with Gasteiger partial charge < -0.3 is 54.8 Å². The zero-order valence-corrected chi connectivity index (χ0v) is 26.0. The molecule has 0 unspecified atom stereocenters. The largest absolute Gasteiger partial charge is 0.492 e. The lowest BCUT2D eigenvalue weighted by Gasteiger charge is -2.12. The number of nitrogens with one attached hydrogen (secondary N) is 3. The molecule has 0 spiro atoms. The van der Waals surface area contributed by atoms with Crippen molar-refractivity contribution in [3.8, 4) is 5.75 Å². The monoisotopic (exact) mass is 642 g/mol.